The monoisotopic (exact) mass is 343 g/mol. The van der Waals surface area contributed by atoms with Crippen LogP contribution < -0.4 is 10.5 Å². The van der Waals surface area contributed by atoms with Gasteiger partial charge in [-0.15, -0.1) is 0 Å². The van der Waals surface area contributed by atoms with Gasteiger partial charge in [-0.05, 0) is 25.1 Å². The number of hydrogen-bond acceptors (Lipinski definition) is 3. The van der Waals surface area contributed by atoms with Gasteiger partial charge in [0.15, 0.2) is 0 Å². The zero-order valence-corrected chi connectivity index (χ0v) is 13.0. The predicted molar refractivity (Wildman–Crippen MR) is 79.4 cm³/mol. The van der Waals surface area contributed by atoms with Gasteiger partial charge < -0.3 is 10.5 Å². The summed E-state index contributed by atoms with van der Waals surface area (Å²) in [6, 6.07) is 5.29. The molecule has 0 fully saturated rings. The Morgan fingerprint density at radius 2 is 2.21 bits per heavy atom. The van der Waals surface area contributed by atoms with Crippen molar-refractivity contribution in [1.29, 1.82) is 0 Å². The second-order valence-corrected chi connectivity index (χ2v) is 5.74. The van der Waals surface area contributed by atoms with Crippen LogP contribution in [0.1, 0.15) is 18.6 Å². The predicted octanol–water partition coefficient (Wildman–Crippen LogP) is 3.30. The molecule has 0 aliphatic heterocycles. The molecule has 1 aromatic carbocycles. The molecule has 0 saturated carbocycles. The smallest absolute Gasteiger partial charge is 0.142 e. The van der Waals surface area contributed by atoms with Crippen LogP contribution in [-0.2, 0) is 7.05 Å². The first-order valence-corrected chi connectivity index (χ1v) is 7.00. The van der Waals surface area contributed by atoms with Crippen LogP contribution in [0.25, 0.3) is 0 Å². The molecule has 0 aliphatic carbocycles. The van der Waals surface area contributed by atoms with Gasteiger partial charge in [0.1, 0.15) is 11.9 Å². The average molecular weight is 345 g/mol. The SMILES string of the molecule is CC(N)C(Oc1cc(Br)ccc1Cl)c1cnn(C)c1. The van der Waals surface area contributed by atoms with Crippen molar-refractivity contribution in [1.82, 2.24) is 9.78 Å². The van der Waals surface area contributed by atoms with E-state index in [2.05, 4.69) is 21.0 Å². The number of benzene rings is 1. The van der Waals surface area contributed by atoms with E-state index in [0.717, 1.165) is 10.0 Å². The number of halogens is 2. The summed E-state index contributed by atoms with van der Waals surface area (Å²) >= 11 is 9.53. The molecule has 0 radical (unpaired) electrons. The van der Waals surface area contributed by atoms with Crippen LogP contribution in [0, 0.1) is 0 Å². The van der Waals surface area contributed by atoms with Crippen LogP contribution in [-0.4, -0.2) is 15.8 Å². The molecular weight excluding hydrogens is 330 g/mol. The van der Waals surface area contributed by atoms with E-state index in [9.17, 15) is 0 Å². The first-order valence-electron chi connectivity index (χ1n) is 5.83. The highest BCUT2D eigenvalue weighted by molar-refractivity contribution is 9.10. The van der Waals surface area contributed by atoms with Crippen LogP contribution in [0.4, 0.5) is 0 Å². The van der Waals surface area contributed by atoms with E-state index in [-0.39, 0.29) is 12.1 Å². The molecule has 2 unspecified atom stereocenters. The molecule has 0 amide bonds. The van der Waals surface area contributed by atoms with Crippen molar-refractivity contribution in [3.8, 4) is 5.75 Å². The van der Waals surface area contributed by atoms with Gasteiger partial charge in [-0.25, -0.2) is 0 Å². The van der Waals surface area contributed by atoms with Crippen molar-refractivity contribution in [2.24, 2.45) is 12.8 Å². The number of rotatable bonds is 4. The number of nitrogens with two attached hydrogens (primary N) is 1. The molecule has 2 N–H and O–H groups in total. The summed E-state index contributed by atoms with van der Waals surface area (Å²) in [7, 11) is 1.85. The van der Waals surface area contributed by atoms with Crippen LogP contribution >= 0.6 is 27.5 Å². The van der Waals surface area contributed by atoms with Gasteiger partial charge in [0.25, 0.3) is 0 Å². The van der Waals surface area contributed by atoms with E-state index >= 15 is 0 Å². The minimum atomic E-state index is -0.291. The highest BCUT2D eigenvalue weighted by Crippen LogP contribution is 2.32. The lowest BCUT2D eigenvalue weighted by atomic mass is 10.1. The third kappa shape index (κ3) is 3.49. The van der Waals surface area contributed by atoms with Crippen molar-refractivity contribution in [2.75, 3.05) is 0 Å². The van der Waals surface area contributed by atoms with Crippen LogP contribution in [0.2, 0.25) is 5.02 Å². The Balaban J connectivity index is 2.29. The molecule has 2 atom stereocenters. The third-order valence-corrected chi connectivity index (χ3v) is 3.48. The van der Waals surface area contributed by atoms with Crippen molar-refractivity contribution in [3.05, 3.63) is 45.7 Å². The normalized spacial score (nSPS) is 14.2. The van der Waals surface area contributed by atoms with Gasteiger partial charge in [-0.2, -0.15) is 5.10 Å². The van der Waals surface area contributed by atoms with Gasteiger partial charge in [-0.3, -0.25) is 4.68 Å². The molecule has 1 aromatic heterocycles. The molecule has 4 nitrogen and oxygen atoms in total. The molecule has 2 rings (SSSR count). The fraction of sp³-hybridized carbons (Fsp3) is 0.308. The fourth-order valence-electron chi connectivity index (χ4n) is 1.77. The molecule has 0 aliphatic rings. The number of aromatic nitrogens is 2. The Morgan fingerprint density at radius 1 is 1.47 bits per heavy atom. The third-order valence-electron chi connectivity index (χ3n) is 2.68. The highest BCUT2D eigenvalue weighted by atomic mass is 79.9. The molecule has 0 bridgehead atoms. The molecule has 6 heteroatoms. The Kier molecular flexibility index (Phi) is 4.50. The molecule has 0 saturated heterocycles. The summed E-state index contributed by atoms with van der Waals surface area (Å²) in [5, 5.41) is 4.69. The quantitative estimate of drug-likeness (QED) is 0.926. The maximum atomic E-state index is 6.13. The Hall–Kier alpha value is -1.04. The number of hydrogen-bond donors (Lipinski definition) is 1. The van der Waals surface area contributed by atoms with Crippen LogP contribution in [0.5, 0.6) is 5.75 Å². The van der Waals surface area contributed by atoms with Crippen LogP contribution in [0.3, 0.4) is 0 Å². The van der Waals surface area contributed by atoms with Crippen LogP contribution in [0.15, 0.2) is 35.1 Å². The van der Waals surface area contributed by atoms with Crippen molar-refractivity contribution in [2.45, 2.75) is 19.1 Å². The molecule has 102 valence electrons. The van der Waals surface area contributed by atoms with Gasteiger partial charge in [0.05, 0.1) is 11.2 Å². The van der Waals surface area contributed by atoms with E-state index in [1.807, 2.05) is 32.3 Å². The Labute approximate surface area is 125 Å². The number of ether oxygens (including phenoxy) is 1. The molecule has 19 heavy (non-hydrogen) atoms. The summed E-state index contributed by atoms with van der Waals surface area (Å²) in [6.07, 6.45) is 3.35. The summed E-state index contributed by atoms with van der Waals surface area (Å²) in [4.78, 5) is 0. The first kappa shape index (κ1) is 14.4. The van der Waals surface area contributed by atoms with Crippen molar-refractivity contribution < 1.29 is 4.74 Å². The maximum absolute atomic E-state index is 6.13. The van der Waals surface area contributed by atoms with Gasteiger partial charge >= 0.3 is 0 Å². The summed E-state index contributed by atoms with van der Waals surface area (Å²) in [5.41, 5.74) is 6.92. The highest BCUT2D eigenvalue weighted by Gasteiger charge is 2.21. The standard InChI is InChI=1S/C13H15BrClN3O/c1-8(16)13(9-6-17-18(2)7-9)19-12-5-10(14)3-4-11(12)15/h3-8,13H,16H2,1-2H3. The zero-order chi connectivity index (χ0) is 14.0. The van der Waals surface area contributed by atoms with E-state index in [1.165, 1.54) is 0 Å². The first-order chi connectivity index (χ1) is 8.97. The maximum Gasteiger partial charge on any atom is 0.142 e. The van der Waals surface area contributed by atoms with Crippen molar-refractivity contribution in [3.63, 3.8) is 0 Å². The van der Waals surface area contributed by atoms with E-state index < -0.39 is 0 Å². The Bertz CT molecular complexity index is 571. The number of aryl methyl sites for hydroxylation is 1. The van der Waals surface area contributed by atoms with Gasteiger partial charge in [0.2, 0.25) is 0 Å². The van der Waals surface area contributed by atoms with Crippen molar-refractivity contribution >= 4 is 27.5 Å². The summed E-state index contributed by atoms with van der Waals surface area (Å²) in [6.45, 7) is 1.89. The van der Waals surface area contributed by atoms with Gasteiger partial charge in [-0.1, -0.05) is 27.5 Å². The molecule has 0 spiro atoms. The molecule has 1 heterocycles. The average Bonchev–Trinajstić information content (AvgIpc) is 2.76. The minimum Gasteiger partial charge on any atom is -0.482 e. The largest absolute Gasteiger partial charge is 0.482 e. The van der Waals surface area contributed by atoms with E-state index in [1.54, 1.807) is 16.9 Å². The second-order valence-electron chi connectivity index (χ2n) is 4.42. The minimum absolute atomic E-state index is 0.181. The second kappa shape index (κ2) is 5.94. The molecular formula is C13H15BrClN3O. The fourth-order valence-corrected chi connectivity index (χ4v) is 2.27. The lowest BCUT2D eigenvalue weighted by Crippen LogP contribution is -2.28. The number of nitrogens with zero attached hydrogens (tertiary/aromatic N) is 2. The van der Waals surface area contributed by atoms with E-state index in [0.29, 0.717) is 10.8 Å². The topological polar surface area (TPSA) is 53.1 Å². The lowest BCUT2D eigenvalue weighted by Gasteiger charge is -2.22. The van der Waals surface area contributed by atoms with E-state index in [4.69, 9.17) is 22.1 Å². The summed E-state index contributed by atoms with van der Waals surface area (Å²) in [5.74, 6) is 0.599. The summed E-state index contributed by atoms with van der Waals surface area (Å²) < 4.78 is 8.57. The lowest BCUT2D eigenvalue weighted by molar-refractivity contribution is 0.180. The zero-order valence-electron chi connectivity index (χ0n) is 10.7. The Morgan fingerprint density at radius 3 is 2.79 bits per heavy atom. The molecule has 2 aromatic rings. The van der Waals surface area contributed by atoms with Gasteiger partial charge in [0, 0.05) is 29.3 Å².